The highest BCUT2D eigenvalue weighted by atomic mass is 31.1. The van der Waals surface area contributed by atoms with Gasteiger partial charge in [-0.05, 0) is 42.2 Å². The Kier molecular flexibility index (Phi) is 18.5. The average molecular weight is 302 g/mol. The van der Waals surface area contributed by atoms with E-state index in [1.54, 1.807) is 12.7 Å². The van der Waals surface area contributed by atoms with Gasteiger partial charge in [0.25, 0.3) is 0 Å². The predicted molar refractivity (Wildman–Crippen MR) is 85.2 cm³/mol. The van der Waals surface area contributed by atoms with E-state index in [1.807, 2.05) is 6.66 Å². The minimum atomic E-state index is -0.777. The molecule has 0 amide bonds. The van der Waals surface area contributed by atoms with Gasteiger partial charge in [-0.25, -0.2) is 0 Å². The molecule has 8 heteroatoms. The molecule has 0 bridgehead atoms. The van der Waals surface area contributed by atoms with Crippen molar-refractivity contribution in [3.8, 4) is 0 Å². The SMILES string of the molecule is [B]P(C)OCCC=O.[B]P(C)OCC[C@@H](O)CC=C. The van der Waals surface area contributed by atoms with Crippen molar-refractivity contribution in [1.29, 1.82) is 0 Å². The lowest BCUT2D eigenvalue weighted by Gasteiger charge is -2.10. The molecule has 0 aromatic heterocycles. The van der Waals surface area contributed by atoms with Crippen molar-refractivity contribution >= 4 is 37.5 Å². The molecule has 0 spiro atoms. The Balaban J connectivity index is 0. The van der Waals surface area contributed by atoms with Crippen LogP contribution in [-0.2, 0) is 13.8 Å². The first kappa shape index (κ1) is 21.6. The van der Waals surface area contributed by atoms with Gasteiger partial charge in [-0.3, -0.25) is 0 Å². The highest BCUT2D eigenvalue weighted by Crippen LogP contribution is 2.24. The van der Waals surface area contributed by atoms with Crippen molar-refractivity contribution in [2.24, 2.45) is 0 Å². The lowest BCUT2D eigenvalue weighted by atomic mass is 10.2. The van der Waals surface area contributed by atoms with Gasteiger partial charge < -0.3 is 18.9 Å². The zero-order valence-electron chi connectivity index (χ0n) is 11.7. The Morgan fingerprint density at radius 3 is 2.21 bits per heavy atom. The van der Waals surface area contributed by atoms with Crippen LogP contribution in [0.1, 0.15) is 19.3 Å². The van der Waals surface area contributed by atoms with Gasteiger partial charge in [-0.2, -0.15) is 0 Å². The molecule has 0 aliphatic carbocycles. The molecule has 106 valence electrons. The third-order valence-electron chi connectivity index (χ3n) is 1.72. The number of aldehydes is 1. The molecule has 1 N–H and O–H groups in total. The molecule has 0 aromatic carbocycles. The number of hydrogen-bond donors (Lipinski definition) is 1. The van der Waals surface area contributed by atoms with Crippen LogP contribution in [0.5, 0.6) is 0 Å². The Morgan fingerprint density at radius 1 is 1.26 bits per heavy atom. The number of carbonyl (C=O) groups is 1. The van der Waals surface area contributed by atoms with Crippen molar-refractivity contribution < 1.29 is 18.9 Å². The molecule has 4 nitrogen and oxygen atoms in total. The monoisotopic (exact) mass is 302 g/mol. The van der Waals surface area contributed by atoms with E-state index in [2.05, 4.69) is 6.58 Å². The summed E-state index contributed by atoms with van der Waals surface area (Å²) in [6.45, 7) is 8.14. The van der Waals surface area contributed by atoms with Crippen molar-refractivity contribution in [1.82, 2.24) is 0 Å². The maximum Gasteiger partial charge on any atom is 0.148 e. The highest BCUT2D eigenvalue weighted by molar-refractivity contribution is 7.77. The van der Waals surface area contributed by atoms with E-state index in [4.69, 9.17) is 24.2 Å². The fourth-order valence-electron chi connectivity index (χ4n) is 0.888. The number of carbonyl (C=O) groups excluding carboxylic acids is 1. The van der Waals surface area contributed by atoms with Crippen LogP contribution in [0.25, 0.3) is 0 Å². The third kappa shape index (κ3) is 23.8. The minimum Gasteiger partial charge on any atom is -0.393 e. The van der Waals surface area contributed by atoms with Crippen LogP contribution in [-0.4, -0.2) is 59.2 Å². The van der Waals surface area contributed by atoms with Crippen LogP contribution in [0.2, 0.25) is 0 Å². The van der Waals surface area contributed by atoms with Crippen LogP contribution >= 0.6 is 16.1 Å². The van der Waals surface area contributed by atoms with Crippen molar-refractivity contribution in [2.75, 3.05) is 26.5 Å². The molecular weight excluding hydrogens is 280 g/mol. The molecule has 0 aliphatic heterocycles. The summed E-state index contributed by atoms with van der Waals surface area (Å²) in [7, 11) is 9.10. The van der Waals surface area contributed by atoms with E-state index in [0.717, 1.165) is 6.29 Å². The smallest absolute Gasteiger partial charge is 0.148 e. The Morgan fingerprint density at radius 2 is 1.79 bits per heavy atom. The normalized spacial score (nSPS) is 14.7. The number of hydrogen-bond acceptors (Lipinski definition) is 4. The second-order valence-corrected chi connectivity index (χ2v) is 6.38. The van der Waals surface area contributed by atoms with Crippen LogP contribution in [0.4, 0.5) is 0 Å². The summed E-state index contributed by atoms with van der Waals surface area (Å²) in [6.07, 6.45) is 3.89. The van der Waals surface area contributed by atoms with Gasteiger partial charge in [0.2, 0.25) is 0 Å². The van der Waals surface area contributed by atoms with Gasteiger partial charge in [0.1, 0.15) is 21.4 Å². The number of aliphatic hydroxyl groups is 1. The molecule has 0 fully saturated rings. The standard InChI is InChI=1S/C7H14BO2P.C4H8BO2P/c1-3-4-7(9)5-6-10-11(2)8;1-8(5)7-4-2-3-6/h3,7,9H,1,4-6H2,2H3;3H,2,4H2,1H3/t7-,11?;/m0./s1. The summed E-state index contributed by atoms with van der Waals surface area (Å²) in [4.78, 5) is 9.67. The molecule has 3 atom stereocenters. The fraction of sp³-hybridized carbons (Fsp3) is 0.727. The van der Waals surface area contributed by atoms with E-state index in [9.17, 15) is 9.90 Å². The first-order chi connectivity index (χ1) is 8.93. The van der Waals surface area contributed by atoms with Gasteiger partial charge in [0.05, 0.1) is 19.3 Å². The fourth-order valence-corrected chi connectivity index (χ4v) is 1.67. The Labute approximate surface area is 121 Å². The second-order valence-electron chi connectivity index (χ2n) is 3.68. The Bertz CT molecular complexity index is 219. The quantitative estimate of drug-likeness (QED) is 0.221. The van der Waals surface area contributed by atoms with Crippen molar-refractivity contribution in [2.45, 2.75) is 25.4 Å². The van der Waals surface area contributed by atoms with Gasteiger partial charge in [0, 0.05) is 6.42 Å². The number of aliphatic hydroxyl groups excluding tert-OH is 1. The molecule has 0 heterocycles. The zero-order chi connectivity index (χ0) is 15.1. The van der Waals surface area contributed by atoms with E-state index in [-0.39, 0.29) is 6.10 Å². The molecule has 0 aliphatic rings. The topological polar surface area (TPSA) is 55.8 Å². The second kappa shape index (κ2) is 16.3. The first-order valence-electron chi connectivity index (χ1n) is 5.89. The molecule has 0 saturated carbocycles. The molecule has 2 unspecified atom stereocenters. The van der Waals surface area contributed by atoms with Crippen LogP contribution < -0.4 is 0 Å². The largest absolute Gasteiger partial charge is 0.393 e. The van der Waals surface area contributed by atoms with Gasteiger partial charge >= 0.3 is 0 Å². The van der Waals surface area contributed by atoms with E-state index >= 15 is 0 Å². The van der Waals surface area contributed by atoms with Crippen LogP contribution in [0.15, 0.2) is 12.7 Å². The maximum atomic E-state index is 9.67. The summed E-state index contributed by atoms with van der Waals surface area (Å²) in [5, 5.41) is 9.18. The summed E-state index contributed by atoms with van der Waals surface area (Å²) in [5.41, 5.74) is 0. The molecule has 19 heavy (non-hydrogen) atoms. The van der Waals surface area contributed by atoms with E-state index in [0.29, 0.717) is 32.5 Å². The maximum absolute atomic E-state index is 9.67. The summed E-state index contributed by atoms with van der Waals surface area (Å²) < 4.78 is 10.0. The molecule has 0 rings (SSSR count). The Hall–Kier alpha value is 0.280. The molecule has 4 radical (unpaired) electrons. The summed E-state index contributed by atoms with van der Waals surface area (Å²) >= 11 is 0. The average Bonchev–Trinajstić information content (AvgIpc) is 2.29. The van der Waals surface area contributed by atoms with Crippen molar-refractivity contribution in [3.63, 3.8) is 0 Å². The lowest BCUT2D eigenvalue weighted by Crippen LogP contribution is -2.07. The van der Waals surface area contributed by atoms with Gasteiger partial charge in [-0.15, -0.1) is 6.58 Å². The predicted octanol–water partition coefficient (Wildman–Crippen LogP) is 2.14. The van der Waals surface area contributed by atoms with E-state index in [1.165, 1.54) is 0 Å². The van der Waals surface area contributed by atoms with Crippen molar-refractivity contribution in [3.05, 3.63) is 12.7 Å². The first-order valence-corrected chi connectivity index (χ1v) is 9.44. The highest BCUT2D eigenvalue weighted by Gasteiger charge is 2.01. The lowest BCUT2D eigenvalue weighted by molar-refractivity contribution is -0.108. The minimum absolute atomic E-state index is 0.331. The van der Waals surface area contributed by atoms with Crippen LogP contribution in [0, 0.1) is 0 Å². The van der Waals surface area contributed by atoms with Crippen LogP contribution in [0.3, 0.4) is 0 Å². The summed E-state index contributed by atoms with van der Waals surface area (Å²) in [5.74, 6) is 0. The molecular formula is C11H22B2O4P2. The third-order valence-corrected chi connectivity index (χ3v) is 2.90. The molecule has 0 saturated heterocycles. The van der Waals surface area contributed by atoms with E-state index < -0.39 is 16.1 Å². The summed E-state index contributed by atoms with van der Waals surface area (Å²) in [6, 6.07) is 0. The van der Waals surface area contributed by atoms with Gasteiger partial charge in [-0.1, -0.05) is 6.08 Å². The van der Waals surface area contributed by atoms with Gasteiger partial charge in [0.15, 0.2) is 0 Å². The zero-order valence-corrected chi connectivity index (χ0v) is 13.5. The number of rotatable bonds is 10. The molecule has 0 aromatic rings.